The zero-order valence-corrected chi connectivity index (χ0v) is 16.4. The van der Waals surface area contributed by atoms with E-state index in [9.17, 15) is 4.79 Å². The van der Waals surface area contributed by atoms with Crippen molar-refractivity contribution in [2.24, 2.45) is 0 Å². The molecule has 0 spiro atoms. The highest BCUT2D eigenvalue weighted by Crippen LogP contribution is 2.41. The van der Waals surface area contributed by atoms with Crippen LogP contribution in [0.25, 0.3) is 0 Å². The molecule has 0 saturated heterocycles. The molecule has 0 fully saturated rings. The van der Waals surface area contributed by atoms with E-state index >= 15 is 0 Å². The third-order valence-corrected chi connectivity index (χ3v) is 6.58. The lowest BCUT2D eigenvalue weighted by Crippen LogP contribution is -2.39. The lowest BCUT2D eigenvalue weighted by molar-refractivity contribution is 0.0934. The molecule has 0 radical (unpaired) electrons. The van der Waals surface area contributed by atoms with Crippen LogP contribution in [-0.4, -0.2) is 23.4 Å². The second kappa shape index (κ2) is 6.47. The molecule has 1 atom stereocenters. The summed E-state index contributed by atoms with van der Waals surface area (Å²) < 4.78 is 0. The number of carbonyl (C=O) groups is 1. The third kappa shape index (κ3) is 3.04. The molecule has 2 N–H and O–H groups in total. The van der Waals surface area contributed by atoms with Gasteiger partial charge in [-0.2, -0.15) is 0 Å². The van der Waals surface area contributed by atoms with E-state index in [1.54, 1.807) is 23.5 Å². The molecule has 1 aromatic heterocycles. The Hall–Kier alpha value is -1.27. The number of nitrogens with zero attached hydrogens (tertiary/aromatic N) is 1. The van der Waals surface area contributed by atoms with Crippen LogP contribution < -0.4 is 10.6 Å². The van der Waals surface area contributed by atoms with E-state index in [2.05, 4.69) is 29.4 Å². The smallest absolute Gasteiger partial charge is 0.256 e. The molecule has 1 aromatic carbocycles. The van der Waals surface area contributed by atoms with E-state index in [1.165, 1.54) is 10.4 Å². The molecule has 3 heterocycles. The summed E-state index contributed by atoms with van der Waals surface area (Å²) in [4.78, 5) is 16.5. The predicted molar refractivity (Wildman–Crippen MR) is 104 cm³/mol. The number of fused-ring (bicyclic) bond motifs is 3. The first-order chi connectivity index (χ1) is 11.9. The summed E-state index contributed by atoms with van der Waals surface area (Å²) in [6.45, 7) is 6.32. The number of amides is 1. The van der Waals surface area contributed by atoms with Gasteiger partial charge in [-0.15, -0.1) is 11.3 Å². The molecule has 2 aliphatic heterocycles. The molecule has 0 saturated carbocycles. The van der Waals surface area contributed by atoms with Gasteiger partial charge in [-0.05, 0) is 38.0 Å². The number of nitrogens with one attached hydrogen (secondary N) is 2. The Morgan fingerprint density at radius 2 is 2.08 bits per heavy atom. The number of hydrogen-bond acceptors (Lipinski definition) is 4. The molecule has 1 amide bonds. The van der Waals surface area contributed by atoms with Crippen molar-refractivity contribution >= 4 is 45.4 Å². The minimum Gasteiger partial charge on any atom is -0.353 e. The summed E-state index contributed by atoms with van der Waals surface area (Å²) >= 11 is 14.0. The van der Waals surface area contributed by atoms with E-state index in [0.29, 0.717) is 16.1 Å². The maximum absolute atomic E-state index is 12.8. The number of hydrogen-bond donors (Lipinski definition) is 2. The summed E-state index contributed by atoms with van der Waals surface area (Å²) in [5.41, 5.74) is 2.83. The largest absolute Gasteiger partial charge is 0.353 e. The first kappa shape index (κ1) is 17.2. The number of halogens is 2. The fourth-order valence-corrected chi connectivity index (χ4v) is 5.28. The summed E-state index contributed by atoms with van der Waals surface area (Å²) in [7, 11) is 0. The molecule has 2 aromatic rings. The molecule has 4 rings (SSSR count). The van der Waals surface area contributed by atoms with Gasteiger partial charge < -0.3 is 10.6 Å². The Bertz CT molecular complexity index is 849. The molecule has 0 bridgehead atoms. The maximum Gasteiger partial charge on any atom is 0.256 e. The van der Waals surface area contributed by atoms with Crippen molar-refractivity contribution < 1.29 is 4.79 Å². The fourth-order valence-electron chi connectivity index (χ4n) is 3.47. The van der Waals surface area contributed by atoms with Gasteiger partial charge in [0.05, 0.1) is 5.56 Å². The summed E-state index contributed by atoms with van der Waals surface area (Å²) in [5.74, 6) is -0.0275. The van der Waals surface area contributed by atoms with Crippen LogP contribution >= 0.6 is 34.5 Å². The van der Waals surface area contributed by atoms with Crippen LogP contribution in [0.1, 0.15) is 46.4 Å². The average Bonchev–Trinajstić information content (AvgIpc) is 2.92. The molecule has 0 unspecified atom stereocenters. The minimum atomic E-state index is -0.342. The van der Waals surface area contributed by atoms with Crippen LogP contribution in [0, 0.1) is 0 Å². The van der Waals surface area contributed by atoms with Crippen molar-refractivity contribution in [2.45, 2.75) is 39.0 Å². The summed E-state index contributed by atoms with van der Waals surface area (Å²) in [5, 5.41) is 8.54. The van der Waals surface area contributed by atoms with Crippen molar-refractivity contribution in [1.29, 1.82) is 0 Å². The van der Waals surface area contributed by atoms with E-state index in [-0.39, 0.29) is 12.1 Å². The van der Waals surface area contributed by atoms with Gasteiger partial charge in [0.1, 0.15) is 11.2 Å². The molecule has 132 valence electrons. The normalized spacial score (nSPS) is 20.0. The van der Waals surface area contributed by atoms with Gasteiger partial charge in [0.2, 0.25) is 0 Å². The number of carbonyl (C=O) groups excluding carboxylic acids is 1. The topological polar surface area (TPSA) is 44.4 Å². The first-order valence-corrected chi connectivity index (χ1v) is 9.92. The summed E-state index contributed by atoms with van der Waals surface area (Å²) in [6, 6.07) is 5.84. The van der Waals surface area contributed by atoms with Gasteiger partial charge in [-0.3, -0.25) is 9.69 Å². The Morgan fingerprint density at radius 3 is 2.80 bits per heavy atom. The number of benzene rings is 1. The van der Waals surface area contributed by atoms with Crippen LogP contribution in [-0.2, 0) is 13.0 Å². The van der Waals surface area contributed by atoms with Gasteiger partial charge in [-0.25, -0.2) is 0 Å². The van der Waals surface area contributed by atoms with Crippen LogP contribution in [0.5, 0.6) is 0 Å². The predicted octanol–water partition coefficient (Wildman–Crippen LogP) is 4.68. The molecule has 25 heavy (non-hydrogen) atoms. The highest BCUT2D eigenvalue weighted by Gasteiger charge is 2.34. The SMILES string of the molecule is CC(C)N1CCc2c(sc3c2C(=O)N[C@H](c2ccc(Cl)cc2Cl)N3)C1. The Balaban J connectivity index is 1.67. The van der Waals surface area contributed by atoms with Gasteiger partial charge in [0.15, 0.2) is 0 Å². The van der Waals surface area contributed by atoms with Crippen molar-refractivity contribution in [3.8, 4) is 0 Å². The van der Waals surface area contributed by atoms with E-state index in [0.717, 1.165) is 35.6 Å². The molecule has 0 aliphatic carbocycles. The molecule has 7 heteroatoms. The lowest BCUT2D eigenvalue weighted by atomic mass is 9.99. The average molecular weight is 396 g/mol. The highest BCUT2D eigenvalue weighted by atomic mass is 35.5. The lowest BCUT2D eigenvalue weighted by Gasteiger charge is -2.31. The van der Waals surface area contributed by atoms with Crippen LogP contribution in [0.3, 0.4) is 0 Å². The Labute approximate surface area is 161 Å². The second-order valence-electron chi connectivity index (χ2n) is 6.74. The molecular formula is C18H19Cl2N3OS. The zero-order valence-electron chi connectivity index (χ0n) is 14.0. The first-order valence-electron chi connectivity index (χ1n) is 8.35. The summed E-state index contributed by atoms with van der Waals surface area (Å²) in [6.07, 6.45) is 0.576. The monoisotopic (exact) mass is 395 g/mol. The quantitative estimate of drug-likeness (QED) is 0.775. The molecule has 4 nitrogen and oxygen atoms in total. The van der Waals surface area contributed by atoms with Gasteiger partial charge in [0.25, 0.3) is 5.91 Å². The van der Waals surface area contributed by atoms with Crippen LogP contribution in [0.2, 0.25) is 10.0 Å². The van der Waals surface area contributed by atoms with Gasteiger partial charge >= 0.3 is 0 Å². The van der Waals surface area contributed by atoms with Crippen molar-refractivity contribution in [2.75, 3.05) is 11.9 Å². The molecular weight excluding hydrogens is 377 g/mol. The van der Waals surface area contributed by atoms with Crippen LogP contribution in [0.4, 0.5) is 5.00 Å². The van der Waals surface area contributed by atoms with Crippen molar-refractivity contribution in [3.63, 3.8) is 0 Å². The zero-order chi connectivity index (χ0) is 17.7. The Morgan fingerprint density at radius 1 is 1.28 bits per heavy atom. The standard InChI is InChI=1S/C18H19Cl2N3OS/c1-9(2)23-6-5-12-14(8-23)25-18-15(12)17(24)21-16(22-18)11-4-3-10(19)7-13(11)20/h3-4,7,9,16,22H,5-6,8H2,1-2H3,(H,21,24)/t16-/m0/s1. The van der Waals surface area contributed by atoms with E-state index < -0.39 is 0 Å². The second-order valence-corrected chi connectivity index (χ2v) is 8.69. The minimum absolute atomic E-state index is 0.0275. The van der Waals surface area contributed by atoms with Crippen LogP contribution in [0.15, 0.2) is 18.2 Å². The van der Waals surface area contributed by atoms with Crippen molar-refractivity contribution in [1.82, 2.24) is 10.2 Å². The highest BCUT2D eigenvalue weighted by molar-refractivity contribution is 7.16. The maximum atomic E-state index is 12.8. The number of rotatable bonds is 2. The third-order valence-electron chi connectivity index (χ3n) is 4.87. The number of thiophene rings is 1. The van der Waals surface area contributed by atoms with Crippen molar-refractivity contribution in [3.05, 3.63) is 49.8 Å². The fraction of sp³-hybridized carbons (Fsp3) is 0.389. The van der Waals surface area contributed by atoms with Gasteiger partial charge in [-0.1, -0.05) is 29.3 Å². The molecule has 2 aliphatic rings. The number of anilines is 1. The van der Waals surface area contributed by atoms with Gasteiger partial charge in [0, 0.05) is 39.6 Å². The van der Waals surface area contributed by atoms with E-state index in [1.807, 2.05) is 6.07 Å². The Kier molecular flexibility index (Phi) is 4.44. The van der Waals surface area contributed by atoms with E-state index in [4.69, 9.17) is 23.2 Å².